The molecule has 0 bridgehead atoms. The van der Waals surface area contributed by atoms with Crippen LogP contribution < -0.4 is 0 Å². The summed E-state index contributed by atoms with van der Waals surface area (Å²) < 4.78 is 81.5. The van der Waals surface area contributed by atoms with Crippen molar-refractivity contribution in [3.05, 3.63) is 35.1 Å². The van der Waals surface area contributed by atoms with Crippen molar-refractivity contribution in [1.82, 2.24) is 4.90 Å². The van der Waals surface area contributed by atoms with Crippen molar-refractivity contribution < 1.29 is 35.5 Å². The number of sulfone groups is 1. The maximum Gasteiger partial charge on any atom is 0.419 e. The van der Waals surface area contributed by atoms with Crippen molar-refractivity contribution in [3.8, 4) is 0 Å². The molecule has 10 heteroatoms. The van der Waals surface area contributed by atoms with Crippen LogP contribution in [0.4, 0.5) is 17.6 Å². The molecule has 5 nitrogen and oxygen atoms in total. The standard InChI is InChI=1S/C17H19F4NO4S/c18-15-4-3-11(8-14(15)17(19,20)21)16(23)22(9-13-2-1-6-26-13)12-5-7-27(24,25)10-12/h3-4,8,12-13H,1-2,5-7,9-10H2/t12-,13-/m1/s1. The molecule has 0 N–H and O–H groups in total. The Bertz CT molecular complexity index is 819. The number of nitrogens with zero attached hydrogens (tertiary/aromatic N) is 1. The van der Waals surface area contributed by atoms with Gasteiger partial charge in [0.15, 0.2) is 9.84 Å². The molecule has 0 aromatic heterocycles. The molecule has 2 atom stereocenters. The van der Waals surface area contributed by atoms with E-state index in [4.69, 9.17) is 4.74 Å². The van der Waals surface area contributed by atoms with Crippen LogP contribution in [-0.4, -0.2) is 56.0 Å². The monoisotopic (exact) mass is 409 g/mol. The maximum absolute atomic E-state index is 13.5. The van der Waals surface area contributed by atoms with E-state index in [1.54, 1.807) is 0 Å². The van der Waals surface area contributed by atoms with E-state index in [0.29, 0.717) is 25.2 Å². The van der Waals surface area contributed by atoms with Crippen molar-refractivity contribution in [1.29, 1.82) is 0 Å². The lowest BCUT2D eigenvalue weighted by molar-refractivity contribution is -0.140. The Kier molecular flexibility index (Phi) is 5.49. The quantitative estimate of drug-likeness (QED) is 0.718. The average molecular weight is 409 g/mol. The van der Waals surface area contributed by atoms with Gasteiger partial charge in [0.2, 0.25) is 0 Å². The number of hydrogen-bond donors (Lipinski definition) is 0. The SMILES string of the molecule is O=C(c1ccc(F)c(C(F)(F)F)c1)N(C[C@H]1CCCO1)[C@@H]1CCS(=O)(=O)C1. The van der Waals surface area contributed by atoms with Gasteiger partial charge in [-0.15, -0.1) is 0 Å². The molecule has 1 aromatic rings. The summed E-state index contributed by atoms with van der Waals surface area (Å²) in [5, 5.41) is 0. The fourth-order valence-corrected chi connectivity index (χ4v) is 5.20. The Labute approximate surface area is 154 Å². The Balaban J connectivity index is 1.90. The normalized spacial score (nSPS) is 24.9. The van der Waals surface area contributed by atoms with Crippen molar-refractivity contribution in [2.45, 2.75) is 37.6 Å². The second-order valence-electron chi connectivity index (χ2n) is 6.84. The Morgan fingerprint density at radius 3 is 2.56 bits per heavy atom. The van der Waals surface area contributed by atoms with E-state index in [1.165, 1.54) is 4.90 Å². The minimum atomic E-state index is -4.93. The first kappa shape index (κ1) is 20.1. The highest BCUT2D eigenvalue weighted by Crippen LogP contribution is 2.32. The molecule has 150 valence electrons. The molecule has 27 heavy (non-hydrogen) atoms. The number of benzene rings is 1. The lowest BCUT2D eigenvalue weighted by Crippen LogP contribution is -2.45. The second-order valence-corrected chi connectivity index (χ2v) is 9.07. The van der Waals surface area contributed by atoms with Gasteiger partial charge in [-0.25, -0.2) is 12.8 Å². The van der Waals surface area contributed by atoms with Crippen molar-refractivity contribution >= 4 is 15.7 Å². The zero-order valence-corrected chi connectivity index (χ0v) is 15.2. The van der Waals surface area contributed by atoms with Crippen LogP contribution in [-0.2, 0) is 20.8 Å². The van der Waals surface area contributed by atoms with Crippen LogP contribution in [0.3, 0.4) is 0 Å². The van der Waals surface area contributed by atoms with Gasteiger partial charge in [0.05, 0.1) is 23.2 Å². The van der Waals surface area contributed by atoms with Gasteiger partial charge in [-0.1, -0.05) is 0 Å². The first-order valence-corrected chi connectivity index (χ1v) is 10.4. The van der Waals surface area contributed by atoms with Crippen LogP contribution in [0, 0.1) is 5.82 Å². The van der Waals surface area contributed by atoms with Gasteiger partial charge in [0.25, 0.3) is 5.91 Å². The molecule has 0 radical (unpaired) electrons. The fraction of sp³-hybridized carbons (Fsp3) is 0.588. The van der Waals surface area contributed by atoms with E-state index in [9.17, 15) is 30.8 Å². The fourth-order valence-electron chi connectivity index (χ4n) is 3.47. The summed E-state index contributed by atoms with van der Waals surface area (Å²) in [5.41, 5.74) is -1.85. The van der Waals surface area contributed by atoms with Gasteiger partial charge in [0, 0.05) is 24.8 Å². The molecular formula is C17H19F4NO4S. The van der Waals surface area contributed by atoms with Crippen LogP contribution in [0.1, 0.15) is 35.2 Å². The van der Waals surface area contributed by atoms with Crippen molar-refractivity contribution in [2.75, 3.05) is 24.7 Å². The van der Waals surface area contributed by atoms with E-state index in [0.717, 1.165) is 12.5 Å². The Morgan fingerprint density at radius 1 is 1.26 bits per heavy atom. The topological polar surface area (TPSA) is 63.7 Å². The largest absolute Gasteiger partial charge is 0.419 e. The molecule has 2 fully saturated rings. The van der Waals surface area contributed by atoms with Crippen LogP contribution in [0.15, 0.2) is 18.2 Å². The molecule has 2 aliphatic heterocycles. The van der Waals surface area contributed by atoms with Crippen molar-refractivity contribution in [2.24, 2.45) is 0 Å². The van der Waals surface area contributed by atoms with E-state index in [2.05, 4.69) is 0 Å². The van der Waals surface area contributed by atoms with Gasteiger partial charge >= 0.3 is 6.18 Å². The molecular weight excluding hydrogens is 390 g/mol. The predicted octanol–water partition coefficient (Wildman–Crippen LogP) is 2.65. The van der Waals surface area contributed by atoms with Gasteiger partial charge in [-0.05, 0) is 37.5 Å². The number of alkyl halides is 3. The minimum absolute atomic E-state index is 0.0792. The molecule has 2 aliphatic rings. The summed E-state index contributed by atoms with van der Waals surface area (Å²) in [4.78, 5) is 14.2. The molecule has 0 spiro atoms. The molecule has 0 saturated carbocycles. The third-order valence-electron chi connectivity index (χ3n) is 4.85. The summed E-state index contributed by atoms with van der Waals surface area (Å²) >= 11 is 0. The molecule has 0 aliphatic carbocycles. The summed E-state index contributed by atoms with van der Waals surface area (Å²) in [6.07, 6.45) is -3.53. The average Bonchev–Trinajstić information content (AvgIpc) is 3.20. The molecule has 2 heterocycles. The van der Waals surface area contributed by atoms with Crippen LogP contribution in [0.25, 0.3) is 0 Å². The summed E-state index contributed by atoms with van der Waals surface area (Å²) in [7, 11) is -3.30. The Hall–Kier alpha value is -1.68. The lowest BCUT2D eigenvalue weighted by Gasteiger charge is -2.30. The molecule has 3 rings (SSSR count). The summed E-state index contributed by atoms with van der Waals surface area (Å²) in [5.74, 6) is -2.53. The highest BCUT2D eigenvalue weighted by Gasteiger charge is 2.38. The zero-order valence-electron chi connectivity index (χ0n) is 14.3. The molecule has 1 aromatic carbocycles. The minimum Gasteiger partial charge on any atom is -0.376 e. The highest BCUT2D eigenvalue weighted by atomic mass is 32.2. The van der Waals surface area contributed by atoms with Gasteiger partial charge in [-0.2, -0.15) is 13.2 Å². The van der Waals surface area contributed by atoms with E-state index >= 15 is 0 Å². The van der Waals surface area contributed by atoms with Crippen molar-refractivity contribution in [3.63, 3.8) is 0 Å². The third kappa shape index (κ3) is 4.60. The van der Waals surface area contributed by atoms with Gasteiger partial charge in [-0.3, -0.25) is 4.79 Å². The molecule has 0 unspecified atom stereocenters. The summed E-state index contributed by atoms with van der Waals surface area (Å²) in [6, 6.07) is 1.43. The molecule has 2 saturated heterocycles. The highest BCUT2D eigenvalue weighted by molar-refractivity contribution is 7.91. The Morgan fingerprint density at radius 2 is 2.00 bits per heavy atom. The van der Waals surface area contributed by atoms with E-state index in [1.807, 2.05) is 0 Å². The number of hydrogen-bond acceptors (Lipinski definition) is 4. The smallest absolute Gasteiger partial charge is 0.376 e. The number of ether oxygens (including phenoxy) is 1. The predicted molar refractivity (Wildman–Crippen MR) is 88.5 cm³/mol. The third-order valence-corrected chi connectivity index (χ3v) is 6.60. The van der Waals surface area contributed by atoms with E-state index < -0.39 is 39.3 Å². The maximum atomic E-state index is 13.5. The van der Waals surface area contributed by atoms with Crippen LogP contribution in [0.5, 0.6) is 0 Å². The zero-order chi connectivity index (χ0) is 19.8. The first-order chi connectivity index (χ1) is 12.6. The second kappa shape index (κ2) is 7.38. The number of carbonyl (C=O) groups excluding carboxylic acids is 1. The number of halogens is 4. The van der Waals surface area contributed by atoms with Gasteiger partial charge < -0.3 is 9.64 Å². The molecule has 1 amide bonds. The number of carbonyl (C=O) groups is 1. The number of rotatable bonds is 4. The van der Waals surface area contributed by atoms with Crippen LogP contribution in [0.2, 0.25) is 0 Å². The summed E-state index contributed by atoms with van der Waals surface area (Å²) in [6.45, 7) is 0.613. The van der Waals surface area contributed by atoms with Gasteiger partial charge in [0.1, 0.15) is 5.82 Å². The van der Waals surface area contributed by atoms with Crippen LogP contribution >= 0.6 is 0 Å². The number of amides is 1. The van der Waals surface area contributed by atoms with E-state index in [-0.39, 0.29) is 36.1 Å². The first-order valence-electron chi connectivity index (χ1n) is 8.56. The lowest BCUT2D eigenvalue weighted by atomic mass is 10.1.